The number of benzene rings is 6. The van der Waals surface area contributed by atoms with Gasteiger partial charge in [-0.15, -0.1) is 0 Å². The third-order valence-electron chi connectivity index (χ3n) is 8.45. The molecule has 8 aromatic rings. The molecule has 0 aliphatic carbocycles. The van der Waals surface area contributed by atoms with Gasteiger partial charge < -0.3 is 0 Å². The highest BCUT2D eigenvalue weighted by Gasteiger charge is 2.19. The van der Waals surface area contributed by atoms with E-state index in [-0.39, 0.29) is 0 Å². The Morgan fingerprint density at radius 3 is 1.24 bits per heavy atom. The van der Waals surface area contributed by atoms with Crippen molar-refractivity contribution in [3.8, 4) is 55.9 Å². The minimum atomic E-state index is 0.805. The summed E-state index contributed by atoms with van der Waals surface area (Å²) in [7, 11) is 0. The fourth-order valence-corrected chi connectivity index (χ4v) is 7.08. The number of rotatable bonds is 5. The van der Waals surface area contributed by atoms with Gasteiger partial charge in [-0.25, -0.2) is 9.97 Å². The number of halogens is 2. The van der Waals surface area contributed by atoms with Crippen LogP contribution in [0.2, 0.25) is 0 Å². The van der Waals surface area contributed by atoms with E-state index in [1.807, 2.05) is 18.2 Å². The van der Waals surface area contributed by atoms with E-state index in [0.717, 1.165) is 64.4 Å². The van der Waals surface area contributed by atoms with E-state index < -0.39 is 0 Å². The predicted molar refractivity (Wildman–Crippen MR) is 200 cm³/mol. The van der Waals surface area contributed by atoms with Crippen LogP contribution in [0.1, 0.15) is 0 Å². The molecular formula is C42H26Br2N2. The van der Waals surface area contributed by atoms with E-state index in [4.69, 9.17) is 9.97 Å². The van der Waals surface area contributed by atoms with Crippen molar-refractivity contribution in [2.75, 3.05) is 0 Å². The van der Waals surface area contributed by atoms with E-state index in [2.05, 4.69) is 171 Å². The van der Waals surface area contributed by atoms with Crippen LogP contribution in [0.25, 0.3) is 77.4 Å². The molecule has 0 atom stereocenters. The minimum Gasteiger partial charge on any atom is -0.241 e. The van der Waals surface area contributed by atoms with Gasteiger partial charge >= 0.3 is 0 Å². The van der Waals surface area contributed by atoms with Crippen molar-refractivity contribution in [1.29, 1.82) is 0 Å². The lowest BCUT2D eigenvalue weighted by Crippen LogP contribution is -1.95. The molecule has 4 heteroatoms. The lowest BCUT2D eigenvalue weighted by Gasteiger charge is -2.18. The average Bonchev–Trinajstić information content (AvgIpc) is 3.11. The highest BCUT2D eigenvalue weighted by Crippen LogP contribution is 2.45. The summed E-state index contributed by atoms with van der Waals surface area (Å²) >= 11 is 7.25. The maximum absolute atomic E-state index is 4.96. The Bertz CT molecular complexity index is 2330. The molecule has 0 radical (unpaired) electrons. The molecule has 0 saturated heterocycles. The summed E-state index contributed by atoms with van der Waals surface area (Å²) in [6.45, 7) is 0. The van der Waals surface area contributed by atoms with Crippen LogP contribution in [0.5, 0.6) is 0 Å². The SMILES string of the molecule is Brc1cccc(-c2c3ccccc3c(-c3cccc(Br)n3)c3cc(-c4cc(-c5ccccc5)cc(-c5ccccc5)c4)ccc23)n1. The van der Waals surface area contributed by atoms with Crippen LogP contribution in [-0.2, 0) is 0 Å². The molecule has 0 fully saturated rings. The highest BCUT2D eigenvalue weighted by atomic mass is 79.9. The van der Waals surface area contributed by atoms with Gasteiger partial charge in [0.15, 0.2) is 0 Å². The fraction of sp³-hybridized carbons (Fsp3) is 0. The molecule has 2 nitrogen and oxygen atoms in total. The van der Waals surface area contributed by atoms with Gasteiger partial charge in [0.2, 0.25) is 0 Å². The van der Waals surface area contributed by atoms with E-state index in [1.165, 1.54) is 22.3 Å². The summed E-state index contributed by atoms with van der Waals surface area (Å²) in [4.78, 5) is 9.89. The largest absolute Gasteiger partial charge is 0.241 e. The van der Waals surface area contributed by atoms with Gasteiger partial charge in [-0.05, 0) is 135 Å². The minimum absolute atomic E-state index is 0.805. The molecule has 2 heterocycles. The standard InChI is InChI=1S/C42H26Br2N2/c43-39-19-9-17-37(45-39)41-33-15-7-8-16-34(33)42(38-18-10-20-40(44)46-38)36-26-29(21-22-35(36)41)32-24-30(27-11-3-1-4-12-27)23-31(25-32)28-13-5-2-6-14-28/h1-26H. The van der Waals surface area contributed by atoms with Crippen molar-refractivity contribution >= 4 is 53.4 Å². The number of hydrogen-bond donors (Lipinski definition) is 0. The molecule has 6 aromatic carbocycles. The molecule has 218 valence electrons. The average molecular weight is 718 g/mol. The molecule has 8 rings (SSSR count). The van der Waals surface area contributed by atoms with Crippen molar-refractivity contribution in [2.24, 2.45) is 0 Å². The van der Waals surface area contributed by atoms with Crippen LogP contribution in [0.3, 0.4) is 0 Å². The summed E-state index contributed by atoms with van der Waals surface area (Å²) in [6, 6.07) is 55.8. The predicted octanol–water partition coefficient (Wildman–Crippen LogP) is 12.6. The lowest BCUT2D eigenvalue weighted by atomic mass is 9.86. The van der Waals surface area contributed by atoms with Gasteiger partial charge in [0.25, 0.3) is 0 Å². The van der Waals surface area contributed by atoms with Crippen LogP contribution in [0.15, 0.2) is 167 Å². The summed E-state index contributed by atoms with van der Waals surface area (Å²) < 4.78 is 1.61. The molecule has 0 unspecified atom stereocenters. The zero-order valence-corrected chi connectivity index (χ0v) is 27.8. The number of aromatic nitrogens is 2. The number of hydrogen-bond acceptors (Lipinski definition) is 2. The number of pyridine rings is 2. The molecule has 46 heavy (non-hydrogen) atoms. The van der Waals surface area contributed by atoms with Crippen LogP contribution >= 0.6 is 31.9 Å². The molecule has 2 aromatic heterocycles. The van der Waals surface area contributed by atoms with Gasteiger partial charge in [0, 0.05) is 11.1 Å². The summed E-state index contributed by atoms with van der Waals surface area (Å²) in [5.41, 5.74) is 11.1. The quantitative estimate of drug-likeness (QED) is 0.131. The Hall–Kier alpha value is -4.90. The van der Waals surface area contributed by atoms with E-state index in [1.54, 1.807) is 0 Å². The third kappa shape index (κ3) is 5.34. The Balaban J connectivity index is 1.45. The van der Waals surface area contributed by atoms with Crippen LogP contribution in [0, 0.1) is 0 Å². The molecule has 0 aliphatic heterocycles. The lowest BCUT2D eigenvalue weighted by molar-refractivity contribution is 1.28. The molecule has 0 N–H and O–H groups in total. The molecule has 0 amide bonds. The van der Waals surface area contributed by atoms with Crippen molar-refractivity contribution in [3.63, 3.8) is 0 Å². The zero-order chi connectivity index (χ0) is 31.0. The van der Waals surface area contributed by atoms with Gasteiger partial charge in [-0.2, -0.15) is 0 Å². The van der Waals surface area contributed by atoms with Crippen LogP contribution < -0.4 is 0 Å². The van der Waals surface area contributed by atoms with E-state index >= 15 is 0 Å². The van der Waals surface area contributed by atoms with Crippen LogP contribution in [-0.4, -0.2) is 9.97 Å². The second-order valence-electron chi connectivity index (χ2n) is 11.3. The Morgan fingerprint density at radius 1 is 0.304 bits per heavy atom. The first-order valence-electron chi connectivity index (χ1n) is 15.1. The zero-order valence-electron chi connectivity index (χ0n) is 24.7. The number of nitrogens with zero attached hydrogens (tertiary/aromatic N) is 2. The van der Waals surface area contributed by atoms with Gasteiger partial charge in [0.05, 0.1) is 11.4 Å². The molecular weight excluding hydrogens is 692 g/mol. The first-order chi connectivity index (χ1) is 22.6. The normalized spacial score (nSPS) is 11.3. The molecule has 0 saturated carbocycles. The van der Waals surface area contributed by atoms with E-state index in [0.29, 0.717) is 0 Å². The van der Waals surface area contributed by atoms with Crippen molar-refractivity contribution in [3.05, 3.63) is 167 Å². The summed E-state index contributed by atoms with van der Waals surface area (Å²) in [6.07, 6.45) is 0. The van der Waals surface area contributed by atoms with Crippen molar-refractivity contribution in [1.82, 2.24) is 9.97 Å². The van der Waals surface area contributed by atoms with Gasteiger partial charge in [-0.3, -0.25) is 0 Å². The second-order valence-corrected chi connectivity index (χ2v) is 12.9. The molecule has 0 spiro atoms. The maximum Gasteiger partial charge on any atom is 0.106 e. The second kappa shape index (κ2) is 12.1. The van der Waals surface area contributed by atoms with Gasteiger partial charge in [-0.1, -0.05) is 109 Å². The van der Waals surface area contributed by atoms with Crippen LogP contribution in [0.4, 0.5) is 0 Å². The first kappa shape index (κ1) is 28.6. The Kier molecular flexibility index (Phi) is 7.53. The van der Waals surface area contributed by atoms with E-state index in [9.17, 15) is 0 Å². The molecule has 0 aliphatic rings. The monoisotopic (exact) mass is 716 g/mol. The number of fused-ring (bicyclic) bond motifs is 2. The third-order valence-corrected chi connectivity index (χ3v) is 9.33. The smallest absolute Gasteiger partial charge is 0.106 e. The highest BCUT2D eigenvalue weighted by molar-refractivity contribution is 9.10. The molecule has 0 bridgehead atoms. The van der Waals surface area contributed by atoms with Crippen molar-refractivity contribution < 1.29 is 0 Å². The fourth-order valence-electron chi connectivity index (χ4n) is 6.39. The Morgan fingerprint density at radius 2 is 0.739 bits per heavy atom. The van der Waals surface area contributed by atoms with Crippen molar-refractivity contribution in [2.45, 2.75) is 0 Å². The topological polar surface area (TPSA) is 25.8 Å². The first-order valence-corrected chi connectivity index (χ1v) is 16.7. The summed E-state index contributed by atoms with van der Waals surface area (Å²) in [5, 5.41) is 4.54. The Labute approximate surface area is 284 Å². The maximum atomic E-state index is 4.96. The summed E-state index contributed by atoms with van der Waals surface area (Å²) in [5.74, 6) is 0. The van der Waals surface area contributed by atoms with Gasteiger partial charge in [0.1, 0.15) is 9.21 Å².